The fourth-order valence-electron chi connectivity index (χ4n) is 2.81. The van der Waals surface area contributed by atoms with Gasteiger partial charge >= 0.3 is 0 Å². The monoisotopic (exact) mass is 430 g/mol. The van der Waals surface area contributed by atoms with Crippen LogP contribution in [0.1, 0.15) is 37.6 Å². The van der Waals surface area contributed by atoms with Crippen LogP contribution in [0.15, 0.2) is 35.6 Å². The fraction of sp³-hybridized carbons (Fsp3) is 0.429. The first-order chi connectivity index (χ1) is 14.5. The zero-order chi connectivity index (χ0) is 21.5. The Morgan fingerprint density at radius 2 is 2.07 bits per heavy atom. The van der Waals surface area contributed by atoms with Gasteiger partial charge in [-0.1, -0.05) is 44.7 Å². The van der Waals surface area contributed by atoms with Crippen LogP contribution >= 0.6 is 11.8 Å². The van der Waals surface area contributed by atoms with Gasteiger partial charge in [-0.3, -0.25) is 4.79 Å². The highest BCUT2D eigenvalue weighted by Crippen LogP contribution is 2.25. The van der Waals surface area contributed by atoms with Crippen molar-refractivity contribution in [2.45, 2.75) is 38.9 Å². The minimum atomic E-state index is -0.536. The highest BCUT2D eigenvalue weighted by Gasteiger charge is 2.15. The lowest BCUT2D eigenvalue weighted by atomic mass is 10.2. The van der Waals surface area contributed by atoms with Crippen LogP contribution in [0.25, 0.3) is 11.0 Å². The van der Waals surface area contributed by atoms with E-state index < -0.39 is 11.7 Å². The molecule has 0 spiro atoms. The number of thioether (sulfide) groups is 1. The van der Waals surface area contributed by atoms with E-state index in [-0.39, 0.29) is 5.56 Å². The van der Waals surface area contributed by atoms with E-state index >= 15 is 0 Å². The smallest absolute Gasteiger partial charge is 0.254 e. The number of aromatic nitrogens is 4. The van der Waals surface area contributed by atoms with Crippen molar-refractivity contribution < 1.29 is 9.18 Å². The van der Waals surface area contributed by atoms with E-state index in [0.717, 1.165) is 35.6 Å². The Kier molecular flexibility index (Phi) is 7.62. The molecule has 2 heterocycles. The lowest BCUT2D eigenvalue weighted by molar-refractivity contribution is 0.0948. The molecule has 2 aromatic heterocycles. The van der Waals surface area contributed by atoms with Crippen molar-refractivity contribution in [3.63, 3.8) is 0 Å². The van der Waals surface area contributed by atoms with Crippen LogP contribution in [-0.4, -0.2) is 44.5 Å². The molecule has 0 bridgehead atoms. The number of nitrogens with zero attached hydrogens (tertiary/aromatic N) is 4. The van der Waals surface area contributed by atoms with Crippen LogP contribution in [0.2, 0.25) is 0 Å². The van der Waals surface area contributed by atoms with Crippen molar-refractivity contribution >= 4 is 34.5 Å². The summed E-state index contributed by atoms with van der Waals surface area (Å²) in [7, 11) is 0. The van der Waals surface area contributed by atoms with Crippen molar-refractivity contribution in [2.75, 3.05) is 24.2 Å². The Hall–Kier alpha value is -2.68. The third-order valence-corrected chi connectivity index (χ3v) is 5.37. The maximum atomic E-state index is 13.8. The molecule has 160 valence electrons. The van der Waals surface area contributed by atoms with Crippen LogP contribution in [0.3, 0.4) is 0 Å². The molecule has 0 aliphatic rings. The SMILES string of the molecule is CCCSc1nc(NCC(C)C)c2cnn(CCNC(=O)c3ccccc3F)c2n1. The van der Waals surface area contributed by atoms with Gasteiger partial charge in [0.1, 0.15) is 11.6 Å². The number of nitrogens with one attached hydrogen (secondary N) is 2. The molecule has 9 heteroatoms. The molecular formula is C21H27FN6OS. The first kappa shape index (κ1) is 22.0. The fourth-order valence-corrected chi connectivity index (χ4v) is 3.50. The molecule has 3 aromatic rings. The number of rotatable bonds is 10. The highest BCUT2D eigenvalue weighted by atomic mass is 32.2. The predicted molar refractivity (Wildman–Crippen MR) is 118 cm³/mol. The number of amides is 1. The van der Waals surface area contributed by atoms with Gasteiger partial charge in [-0.15, -0.1) is 0 Å². The normalized spacial score (nSPS) is 11.2. The molecule has 2 N–H and O–H groups in total. The summed E-state index contributed by atoms with van der Waals surface area (Å²) in [5.41, 5.74) is 0.749. The van der Waals surface area contributed by atoms with Crippen LogP contribution in [-0.2, 0) is 6.54 Å². The van der Waals surface area contributed by atoms with Gasteiger partial charge < -0.3 is 10.6 Å². The molecule has 0 unspecified atom stereocenters. The Balaban J connectivity index is 1.75. The number of carbonyl (C=O) groups is 1. The maximum Gasteiger partial charge on any atom is 0.254 e. The number of halogens is 1. The Morgan fingerprint density at radius 3 is 2.80 bits per heavy atom. The largest absolute Gasteiger partial charge is 0.369 e. The first-order valence-electron chi connectivity index (χ1n) is 10.1. The van der Waals surface area contributed by atoms with E-state index in [1.54, 1.807) is 34.8 Å². The van der Waals surface area contributed by atoms with Gasteiger partial charge in [-0.25, -0.2) is 19.0 Å². The van der Waals surface area contributed by atoms with Crippen molar-refractivity contribution in [2.24, 2.45) is 5.92 Å². The number of hydrogen-bond donors (Lipinski definition) is 2. The summed E-state index contributed by atoms with van der Waals surface area (Å²) < 4.78 is 15.5. The summed E-state index contributed by atoms with van der Waals surface area (Å²) in [6.45, 7) is 7.92. The van der Waals surface area contributed by atoms with Gasteiger partial charge in [-0.2, -0.15) is 5.10 Å². The van der Waals surface area contributed by atoms with Gasteiger partial charge in [0, 0.05) is 18.8 Å². The average Bonchev–Trinajstić information content (AvgIpc) is 3.13. The number of carbonyl (C=O) groups excluding carboxylic acids is 1. The second-order valence-electron chi connectivity index (χ2n) is 7.32. The van der Waals surface area contributed by atoms with Gasteiger partial charge in [0.25, 0.3) is 5.91 Å². The number of fused-ring (bicyclic) bond motifs is 1. The molecular weight excluding hydrogens is 403 g/mol. The Bertz CT molecular complexity index is 1010. The van der Waals surface area contributed by atoms with Gasteiger partial charge in [0.2, 0.25) is 0 Å². The third kappa shape index (κ3) is 5.47. The topological polar surface area (TPSA) is 84.7 Å². The van der Waals surface area contributed by atoms with Gasteiger partial charge in [-0.05, 0) is 24.5 Å². The highest BCUT2D eigenvalue weighted by molar-refractivity contribution is 7.99. The molecule has 1 amide bonds. The second kappa shape index (κ2) is 10.4. The lowest BCUT2D eigenvalue weighted by Gasteiger charge is -2.11. The molecule has 0 saturated carbocycles. The molecule has 30 heavy (non-hydrogen) atoms. The predicted octanol–water partition coefficient (Wildman–Crippen LogP) is 3.97. The minimum absolute atomic E-state index is 0.0311. The Morgan fingerprint density at radius 1 is 1.27 bits per heavy atom. The molecule has 7 nitrogen and oxygen atoms in total. The van der Waals surface area contributed by atoms with Gasteiger partial charge in [0.05, 0.1) is 23.7 Å². The van der Waals surface area contributed by atoms with E-state index in [2.05, 4.69) is 46.5 Å². The Labute approximate surface area is 179 Å². The minimum Gasteiger partial charge on any atom is -0.369 e. The van der Waals surface area contributed by atoms with Crippen LogP contribution < -0.4 is 10.6 Å². The number of anilines is 1. The van der Waals surface area contributed by atoms with Crippen LogP contribution in [0.5, 0.6) is 0 Å². The number of benzene rings is 1. The summed E-state index contributed by atoms with van der Waals surface area (Å²) in [5, 5.41) is 12.1. The summed E-state index contributed by atoms with van der Waals surface area (Å²) in [6.07, 6.45) is 2.77. The number of hydrogen-bond acceptors (Lipinski definition) is 6. The molecule has 0 atom stereocenters. The summed E-state index contributed by atoms with van der Waals surface area (Å²) in [4.78, 5) is 21.5. The molecule has 3 rings (SSSR count). The molecule has 0 saturated heterocycles. The summed E-state index contributed by atoms with van der Waals surface area (Å²) in [5.74, 6) is 1.20. The van der Waals surface area contributed by atoms with Crippen molar-refractivity contribution in [1.82, 2.24) is 25.1 Å². The van der Waals surface area contributed by atoms with E-state index in [4.69, 9.17) is 0 Å². The van der Waals surface area contributed by atoms with E-state index in [1.807, 2.05) is 0 Å². The van der Waals surface area contributed by atoms with E-state index in [9.17, 15) is 9.18 Å². The van der Waals surface area contributed by atoms with Crippen LogP contribution in [0.4, 0.5) is 10.2 Å². The summed E-state index contributed by atoms with van der Waals surface area (Å²) in [6, 6.07) is 5.93. The second-order valence-corrected chi connectivity index (χ2v) is 8.38. The van der Waals surface area contributed by atoms with E-state index in [0.29, 0.717) is 24.2 Å². The molecule has 0 radical (unpaired) electrons. The van der Waals surface area contributed by atoms with Gasteiger partial charge in [0.15, 0.2) is 10.8 Å². The zero-order valence-corrected chi connectivity index (χ0v) is 18.3. The first-order valence-corrected chi connectivity index (χ1v) is 11.1. The molecule has 0 aliphatic carbocycles. The molecule has 0 aliphatic heterocycles. The lowest BCUT2D eigenvalue weighted by Crippen LogP contribution is -2.28. The molecule has 0 fully saturated rings. The average molecular weight is 431 g/mol. The van der Waals surface area contributed by atoms with Crippen molar-refractivity contribution in [3.8, 4) is 0 Å². The van der Waals surface area contributed by atoms with Crippen molar-refractivity contribution in [3.05, 3.63) is 41.8 Å². The molecule has 1 aromatic carbocycles. The maximum absolute atomic E-state index is 13.8. The quantitative estimate of drug-likeness (QED) is 0.374. The van der Waals surface area contributed by atoms with Crippen LogP contribution in [0, 0.1) is 11.7 Å². The summed E-state index contributed by atoms with van der Waals surface area (Å²) >= 11 is 1.61. The zero-order valence-electron chi connectivity index (χ0n) is 17.5. The third-order valence-electron chi connectivity index (χ3n) is 4.32. The van der Waals surface area contributed by atoms with Crippen molar-refractivity contribution in [1.29, 1.82) is 0 Å². The van der Waals surface area contributed by atoms with E-state index in [1.165, 1.54) is 12.1 Å². The standard InChI is InChI=1S/C21H27FN6OS/c1-4-11-30-21-26-18(24-12-14(2)3)16-13-25-28(19(16)27-21)10-9-23-20(29)15-7-5-6-8-17(15)22/h5-8,13-14H,4,9-12H2,1-3H3,(H,23,29)(H,24,26,27).